The molecule has 1 aliphatic heterocycles. The number of hydrogen-bond acceptors (Lipinski definition) is 4. The van der Waals surface area contributed by atoms with E-state index in [-0.39, 0.29) is 10.8 Å². The minimum absolute atomic E-state index is 0.0675. The van der Waals surface area contributed by atoms with Crippen LogP contribution in [0.4, 0.5) is 0 Å². The Balaban J connectivity index is 1.72. The van der Waals surface area contributed by atoms with Crippen molar-refractivity contribution in [3.05, 3.63) is 29.3 Å². The number of nitrogens with zero attached hydrogens (tertiary/aromatic N) is 2. The predicted molar refractivity (Wildman–Crippen MR) is 102 cm³/mol. The Labute approximate surface area is 156 Å². The number of rotatable bonds is 5. The lowest BCUT2D eigenvalue weighted by molar-refractivity contribution is 0.0572. The van der Waals surface area contributed by atoms with Gasteiger partial charge in [-0.15, -0.1) is 0 Å². The quantitative estimate of drug-likeness (QED) is 0.849. The van der Waals surface area contributed by atoms with Gasteiger partial charge >= 0.3 is 0 Å². The Kier molecular flexibility index (Phi) is 5.99. The third kappa shape index (κ3) is 4.10. The molecule has 1 saturated carbocycles. The van der Waals surface area contributed by atoms with Gasteiger partial charge < -0.3 is 4.90 Å². The van der Waals surface area contributed by atoms with Crippen LogP contribution in [0.2, 0.25) is 0 Å². The van der Waals surface area contributed by atoms with Crippen molar-refractivity contribution >= 4 is 15.9 Å². The van der Waals surface area contributed by atoms with Crippen LogP contribution in [0.1, 0.15) is 48.5 Å². The number of nitrogens with one attached hydrogen (secondary N) is 1. The average molecular weight is 380 g/mol. The van der Waals surface area contributed by atoms with Gasteiger partial charge in [0.15, 0.2) is 0 Å². The van der Waals surface area contributed by atoms with E-state index in [0.29, 0.717) is 31.2 Å². The normalized spacial score (nSPS) is 19.8. The van der Waals surface area contributed by atoms with Crippen LogP contribution in [0.5, 0.6) is 0 Å². The summed E-state index contributed by atoms with van der Waals surface area (Å²) in [6.07, 6.45) is 5.18. The first-order chi connectivity index (χ1) is 12.4. The van der Waals surface area contributed by atoms with Crippen LogP contribution in [-0.4, -0.2) is 62.9 Å². The summed E-state index contributed by atoms with van der Waals surface area (Å²) >= 11 is 0. The van der Waals surface area contributed by atoms with Crippen molar-refractivity contribution in [3.8, 4) is 0 Å². The molecule has 1 aromatic rings. The minimum atomic E-state index is -3.56. The van der Waals surface area contributed by atoms with E-state index in [2.05, 4.69) is 9.62 Å². The van der Waals surface area contributed by atoms with Crippen molar-refractivity contribution in [3.63, 3.8) is 0 Å². The molecule has 2 aliphatic rings. The number of amides is 1. The molecule has 0 atom stereocenters. The Morgan fingerprint density at radius 3 is 2.42 bits per heavy atom. The summed E-state index contributed by atoms with van der Waals surface area (Å²) in [5, 5.41) is 0. The highest BCUT2D eigenvalue weighted by Gasteiger charge is 2.29. The van der Waals surface area contributed by atoms with Gasteiger partial charge in [-0.25, -0.2) is 13.1 Å². The number of hydrogen-bond donors (Lipinski definition) is 1. The number of carbonyl (C=O) groups is 1. The molecule has 0 aromatic heterocycles. The molecule has 2 fully saturated rings. The Morgan fingerprint density at radius 1 is 1.15 bits per heavy atom. The summed E-state index contributed by atoms with van der Waals surface area (Å²) in [6.45, 7) is 7.14. The van der Waals surface area contributed by atoms with Crippen LogP contribution in [0, 0.1) is 6.92 Å². The van der Waals surface area contributed by atoms with Gasteiger partial charge in [0.25, 0.3) is 5.91 Å². The summed E-state index contributed by atoms with van der Waals surface area (Å²) in [7, 11) is -3.56. The molecule has 1 aliphatic carbocycles. The molecule has 0 bridgehead atoms. The Hall–Kier alpha value is -1.44. The van der Waals surface area contributed by atoms with Crippen LogP contribution < -0.4 is 4.72 Å². The van der Waals surface area contributed by atoms with Gasteiger partial charge in [0.2, 0.25) is 10.0 Å². The fourth-order valence-electron chi connectivity index (χ4n) is 4.00. The number of carbonyl (C=O) groups excluding carboxylic acids is 1. The molecule has 0 radical (unpaired) electrons. The standard InChI is InChI=1S/C19H29N3O3S/c1-3-20-26(24,25)17-9-8-15(2)18(14-17)19(23)22-12-10-21(11-13-22)16-6-4-5-7-16/h8-9,14,16,20H,3-7,10-13H2,1-2H3. The van der Waals surface area contributed by atoms with Crippen LogP contribution >= 0.6 is 0 Å². The first-order valence-corrected chi connectivity index (χ1v) is 11.0. The van der Waals surface area contributed by atoms with E-state index in [4.69, 9.17) is 0 Å². The SMILES string of the molecule is CCNS(=O)(=O)c1ccc(C)c(C(=O)N2CCN(C3CCCC3)CC2)c1. The van der Waals surface area contributed by atoms with Crippen molar-refractivity contribution in [2.24, 2.45) is 0 Å². The predicted octanol–water partition coefficient (Wildman–Crippen LogP) is 1.99. The third-order valence-electron chi connectivity index (χ3n) is 5.53. The topological polar surface area (TPSA) is 69.7 Å². The molecule has 1 heterocycles. The molecule has 1 N–H and O–H groups in total. The van der Waals surface area contributed by atoms with E-state index in [0.717, 1.165) is 18.7 Å². The van der Waals surface area contributed by atoms with Crippen molar-refractivity contribution < 1.29 is 13.2 Å². The maximum absolute atomic E-state index is 13.0. The second-order valence-corrected chi connectivity index (χ2v) is 9.01. The molecule has 0 unspecified atom stereocenters. The summed E-state index contributed by atoms with van der Waals surface area (Å²) in [5.74, 6) is -0.0675. The number of sulfonamides is 1. The summed E-state index contributed by atoms with van der Waals surface area (Å²) in [5.41, 5.74) is 1.29. The monoisotopic (exact) mass is 379 g/mol. The highest BCUT2D eigenvalue weighted by Crippen LogP contribution is 2.25. The van der Waals surface area contributed by atoms with Crippen LogP contribution in [-0.2, 0) is 10.0 Å². The van der Waals surface area contributed by atoms with Gasteiger partial charge in [-0.1, -0.05) is 25.8 Å². The van der Waals surface area contributed by atoms with Gasteiger partial charge in [-0.05, 0) is 37.5 Å². The Morgan fingerprint density at radius 2 is 1.81 bits per heavy atom. The average Bonchev–Trinajstić information content (AvgIpc) is 3.16. The summed E-state index contributed by atoms with van der Waals surface area (Å²) in [4.78, 5) is 17.5. The van der Waals surface area contributed by atoms with E-state index in [1.807, 2.05) is 11.8 Å². The molecule has 144 valence electrons. The van der Waals surface area contributed by atoms with Crippen molar-refractivity contribution in [1.82, 2.24) is 14.5 Å². The molecular formula is C19H29N3O3S. The fraction of sp³-hybridized carbons (Fsp3) is 0.632. The maximum atomic E-state index is 13.0. The van der Waals surface area contributed by atoms with Gasteiger partial charge in [0.1, 0.15) is 0 Å². The van der Waals surface area contributed by atoms with Crippen molar-refractivity contribution in [1.29, 1.82) is 0 Å². The van der Waals surface area contributed by atoms with Gasteiger partial charge in [0, 0.05) is 44.3 Å². The van der Waals surface area contributed by atoms with Gasteiger partial charge in [-0.2, -0.15) is 0 Å². The molecule has 0 spiro atoms. The first-order valence-electron chi connectivity index (χ1n) is 9.56. The van der Waals surface area contributed by atoms with Crippen LogP contribution in [0.15, 0.2) is 23.1 Å². The molecule has 6 nitrogen and oxygen atoms in total. The number of piperazine rings is 1. The summed E-state index contributed by atoms with van der Waals surface area (Å²) in [6, 6.07) is 5.47. The Bertz CT molecular complexity index is 749. The lowest BCUT2D eigenvalue weighted by Crippen LogP contribution is -2.51. The smallest absolute Gasteiger partial charge is 0.254 e. The minimum Gasteiger partial charge on any atom is -0.336 e. The van der Waals surface area contributed by atoms with Crippen LogP contribution in [0.3, 0.4) is 0 Å². The van der Waals surface area contributed by atoms with Crippen LogP contribution in [0.25, 0.3) is 0 Å². The lowest BCUT2D eigenvalue weighted by atomic mass is 10.1. The molecule has 1 saturated heterocycles. The number of benzene rings is 1. The largest absolute Gasteiger partial charge is 0.336 e. The van der Waals surface area contributed by atoms with E-state index >= 15 is 0 Å². The highest BCUT2D eigenvalue weighted by atomic mass is 32.2. The highest BCUT2D eigenvalue weighted by molar-refractivity contribution is 7.89. The van der Waals surface area contributed by atoms with E-state index in [9.17, 15) is 13.2 Å². The maximum Gasteiger partial charge on any atom is 0.254 e. The lowest BCUT2D eigenvalue weighted by Gasteiger charge is -2.38. The second-order valence-electron chi connectivity index (χ2n) is 7.24. The zero-order valence-electron chi connectivity index (χ0n) is 15.7. The zero-order valence-corrected chi connectivity index (χ0v) is 16.5. The third-order valence-corrected chi connectivity index (χ3v) is 7.07. The van der Waals surface area contributed by atoms with Gasteiger partial charge in [-0.3, -0.25) is 9.69 Å². The van der Waals surface area contributed by atoms with Crippen molar-refractivity contribution in [2.75, 3.05) is 32.7 Å². The first kappa shape index (κ1) is 19.3. The van der Waals surface area contributed by atoms with Gasteiger partial charge in [0.05, 0.1) is 4.90 Å². The molecule has 7 heteroatoms. The fourth-order valence-corrected chi connectivity index (χ4v) is 5.07. The van der Waals surface area contributed by atoms with E-state index in [1.165, 1.54) is 31.7 Å². The second kappa shape index (κ2) is 8.06. The molecule has 3 rings (SSSR count). The molecule has 1 aromatic carbocycles. The zero-order chi connectivity index (χ0) is 18.7. The van der Waals surface area contributed by atoms with E-state index in [1.54, 1.807) is 19.1 Å². The summed E-state index contributed by atoms with van der Waals surface area (Å²) < 4.78 is 27.0. The molecular weight excluding hydrogens is 350 g/mol. The molecule has 1 amide bonds. The van der Waals surface area contributed by atoms with Crippen molar-refractivity contribution in [2.45, 2.75) is 50.5 Å². The molecule has 26 heavy (non-hydrogen) atoms. The van der Waals surface area contributed by atoms with E-state index < -0.39 is 10.0 Å². The number of aryl methyl sites for hydroxylation is 1.